The highest BCUT2D eigenvalue weighted by atomic mass is 32.2. The highest BCUT2D eigenvalue weighted by Gasteiger charge is 2.25. The van der Waals surface area contributed by atoms with Gasteiger partial charge >= 0.3 is 0 Å². The van der Waals surface area contributed by atoms with Gasteiger partial charge in [0.05, 0.1) is 0 Å². The number of likely N-dealkylation sites (N-methyl/N-ethyl adjacent to an activating group) is 1. The maximum atomic E-state index is 4.62. The first-order valence-corrected chi connectivity index (χ1v) is 11.6. The highest BCUT2D eigenvalue weighted by Crippen LogP contribution is 2.25. The zero-order chi connectivity index (χ0) is 19.9. The van der Waals surface area contributed by atoms with E-state index in [1.807, 2.05) is 13.2 Å². The van der Waals surface area contributed by atoms with Crippen molar-refractivity contribution >= 4 is 23.5 Å². The number of anilines is 1. The summed E-state index contributed by atoms with van der Waals surface area (Å²) in [6.45, 7) is 15.3. The van der Waals surface area contributed by atoms with Gasteiger partial charge in [0, 0.05) is 70.1 Å². The zero-order valence-electron chi connectivity index (χ0n) is 17.9. The lowest BCUT2D eigenvalue weighted by molar-refractivity contribution is 0.270. The molecule has 3 heterocycles. The fourth-order valence-corrected chi connectivity index (χ4v) is 5.12. The second kappa shape index (κ2) is 10.3. The second-order valence-corrected chi connectivity index (χ2v) is 9.29. The van der Waals surface area contributed by atoms with E-state index in [1.165, 1.54) is 11.3 Å². The van der Waals surface area contributed by atoms with Crippen molar-refractivity contribution in [1.29, 1.82) is 0 Å². The lowest BCUT2D eigenvalue weighted by Gasteiger charge is -2.36. The van der Waals surface area contributed by atoms with E-state index in [2.05, 4.69) is 74.7 Å². The van der Waals surface area contributed by atoms with Crippen LogP contribution >= 0.6 is 11.8 Å². The van der Waals surface area contributed by atoms with Gasteiger partial charge in [-0.05, 0) is 30.2 Å². The molecule has 1 N–H and O–H groups in total. The Labute approximate surface area is 174 Å². The molecule has 0 bridgehead atoms. The predicted molar refractivity (Wildman–Crippen MR) is 121 cm³/mol. The van der Waals surface area contributed by atoms with Crippen molar-refractivity contribution < 1.29 is 0 Å². The Morgan fingerprint density at radius 3 is 2.75 bits per heavy atom. The van der Waals surface area contributed by atoms with Crippen LogP contribution in [0.15, 0.2) is 23.3 Å². The largest absolute Gasteiger partial charge is 0.354 e. The molecule has 3 rings (SSSR count). The fourth-order valence-electron chi connectivity index (χ4n) is 3.82. The number of piperazine rings is 1. The van der Waals surface area contributed by atoms with Gasteiger partial charge in [0.15, 0.2) is 5.96 Å². The monoisotopic (exact) mass is 404 g/mol. The van der Waals surface area contributed by atoms with Gasteiger partial charge in [-0.25, -0.2) is 4.98 Å². The number of aliphatic imine (C=N–C) groups is 1. The summed E-state index contributed by atoms with van der Waals surface area (Å²) >= 11 is 2.10. The Morgan fingerprint density at radius 2 is 2.07 bits per heavy atom. The third-order valence-corrected chi connectivity index (χ3v) is 7.29. The quantitative estimate of drug-likeness (QED) is 0.601. The second-order valence-electron chi connectivity index (χ2n) is 7.94. The van der Waals surface area contributed by atoms with Crippen molar-refractivity contribution in [2.45, 2.75) is 32.6 Å². The molecule has 2 aliphatic heterocycles. The van der Waals surface area contributed by atoms with Crippen molar-refractivity contribution in [2.24, 2.45) is 10.9 Å². The average molecular weight is 405 g/mol. The topological polar surface area (TPSA) is 47.0 Å². The molecule has 7 heteroatoms. The summed E-state index contributed by atoms with van der Waals surface area (Å²) in [6.07, 6.45) is 1.94. The Morgan fingerprint density at radius 1 is 1.29 bits per heavy atom. The number of hydrogen-bond donors (Lipinski definition) is 1. The number of pyridine rings is 1. The summed E-state index contributed by atoms with van der Waals surface area (Å²) in [5.74, 6) is 3.98. The normalized spacial score (nSPS) is 22.0. The number of guanidine groups is 1. The van der Waals surface area contributed by atoms with Crippen molar-refractivity contribution in [3.8, 4) is 0 Å². The van der Waals surface area contributed by atoms with Gasteiger partial charge in [-0.15, -0.1) is 0 Å². The Hall–Kier alpha value is -1.47. The van der Waals surface area contributed by atoms with Crippen LogP contribution in [-0.2, 0) is 6.54 Å². The van der Waals surface area contributed by atoms with Crippen LogP contribution in [0.1, 0.15) is 26.3 Å². The number of nitrogens with one attached hydrogen (secondary N) is 1. The van der Waals surface area contributed by atoms with Crippen LogP contribution < -0.4 is 10.2 Å². The number of aromatic nitrogens is 1. The molecule has 6 nitrogen and oxygen atoms in total. The van der Waals surface area contributed by atoms with Crippen LogP contribution in [0.2, 0.25) is 0 Å². The number of nitrogens with zero attached hydrogens (tertiary/aromatic N) is 5. The van der Waals surface area contributed by atoms with Crippen molar-refractivity contribution in [2.75, 3.05) is 63.5 Å². The van der Waals surface area contributed by atoms with E-state index in [1.54, 1.807) is 0 Å². The van der Waals surface area contributed by atoms with E-state index in [0.717, 1.165) is 64.1 Å². The molecular weight excluding hydrogens is 368 g/mol. The summed E-state index contributed by atoms with van der Waals surface area (Å²) in [5, 5.41) is 4.26. The maximum Gasteiger partial charge on any atom is 0.193 e. The average Bonchev–Trinajstić information content (AvgIpc) is 2.74. The summed E-state index contributed by atoms with van der Waals surface area (Å²) in [6, 6.07) is 4.33. The Balaban J connectivity index is 1.56. The summed E-state index contributed by atoms with van der Waals surface area (Å²) in [4.78, 5) is 16.5. The molecule has 2 fully saturated rings. The summed E-state index contributed by atoms with van der Waals surface area (Å²) < 4.78 is 0. The van der Waals surface area contributed by atoms with Gasteiger partial charge in [0.25, 0.3) is 0 Å². The molecule has 0 saturated carbocycles. The molecule has 156 valence electrons. The van der Waals surface area contributed by atoms with Crippen molar-refractivity contribution in [1.82, 2.24) is 20.1 Å². The number of hydrogen-bond acceptors (Lipinski definition) is 5. The maximum absolute atomic E-state index is 4.62. The smallest absolute Gasteiger partial charge is 0.193 e. The molecular formula is C21H36N6S. The molecule has 0 amide bonds. The Kier molecular flexibility index (Phi) is 7.85. The SMILES string of the molecule is CCN1CCN(c2cc(CNC(=NC)N3CCSC(C(C)C)C3)ccn2)CC1. The molecule has 2 saturated heterocycles. The van der Waals surface area contributed by atoms with Crippen molar-refractivity contribution in [3.05, 3.63) is 23.9 Å². The first-order chi connectivity index (χ1) is 13.6. The van der Waals surface area contributed by atoms with Crippen LogP contribution in [0.3, 0.4) is 0 Å². The molecule has 0 aromatic carbocycles. The van der Waals surface area contributed by atoms with Gasteiger partial charge in [0.1, 0.15) is 5.82 Å². The molecule has 1 unspecified atom stereocenters. The lowest BCUT2D eigenvalue weighted by atomic mass is 10.1. The van der Waals surface area contributed by atoms with E-state index >= 15 is 0 Å². The van der Waals surface area contributed by atoms with Gasteiger partial charge in [-0.1, -0.05) is 20.8 Å². The third-order valence-electron chi connectivity index (χ3n) is 5.75. The molecule has 2 aliphatic rings. The van der Waals surface area contributed by atoms with Gasteiger partial charge in [-0.3, -0.25) is 4.99 Å². The summed E-state index contributed by atoms with van der Waals surface area (Å²) in [7, 11) is 1.89. The lowest BCUT2D eigenvalue weighted by Crippen LogP contribution is -2.48. The summed E-state index contributed by atoms with van der Waals surface area (Å²) in [5.41, 5.74) is 1.26. The number of thioether (sulfide) groups is 1. The minimum atomic E-state index is 0.682. The molecule has 1 aromatic rings. The minimum absolute atomic E-state index is 0.682. The van der Waals surface area contributed by atoms with E-state index in [9.17, 15) is 0 Å². The van der Waals surface area contributed by atoms with Gasteiger partial charge in [-0.2, -0.15) is 11.8 Å². The van der Waals surface area contributed by atoms with Crippen LogP contribution in [0.25, 0.3) is 0 Å². The fraction of sp³-hybridized carbons (Fsp3) is 0.714. The third kappa shape index (κ3) is 5.54. The van der Waals surface area contributed by atoms with Crippen LogP contribution in [0, 0.1) is 5.92 Å². The van der Waals surface area contributed by atoms with E-state index in [4.69, 9.17) is 0 Å². The zero-order valence-corrected chi connectivity index (χ0v) is 18.7. The van der Waals surface area contributed by atoms with E-state index in [0.29, 0.717) is 11.2 Å². The number of rotatable bonds is 5. The Bertz CT molecular complexity index is 642. The van der Waals surface area contributed by atoms with Crippen LogP contribution in [0.4, 0.5) is 5.82 Å². The van der Waals surface area contributed by atoms with Gasteiger partial charge in [0.2, 0.25) is 0 Å². The van der Waals surface area contributed by atoms with E-state index < -0.39 is 0 Å². The molecule has 28 heavy (non-hydrogen) atoms. The minimum Gasteiger partial charge on any atom is -0.354 e. The molecule has 1 atom stereocenters. The van der Waals surface area contributed by atoms with Crippen LogP contribution in [0.5, 0.6) is 0 Å². The molecule has 0 aliphatic carbocycles. The van der Waals surface area contributed by atoms with Crippen LogP contribution in [-0.4, -0.2) is 84.6 Å². The first kappa shape index (κ1) is 21.2. The molecule has 0 spiro atoms. The molecule has 1 aromatic heterocycles. The highest BCUT2D eigenvalue weighted by molar-refractivity contribution is 8.00. The predicted octanol–water partition coefficient (Wildman–Crippen LogP) is 2.37. The van der Waals surface area contributed by atoms with E-state index in [-0.39, 0.29) is 0 Å². The van der Waals surface area contributed by atoms with Crippen molar-refractivity contribution in [3.63, 3.8) is 0 Å². The first-order valence-electron chi connectivity index (χ1n) is 10.6. The van der Waals surface area contributed by atoms with Gasteiger partial charge < -0.3 is 20.0 Å². The standard InChI is InChI=1S/C21H36N6S/c1-5-25-8-10-26(11-9-25)20-14-18(6-7-23-20)15-24-21(22-4)27-12-13-28-19(16-27)17(2)3/h6-7,14,17,19H,5,8-13,15-16H2,1-4H3,(H,22,24). The molecule has 0 radical (unpaired) electrons.